The summed E-state index contributed by atoms with van der Waals surface area (Å²) in [6.45, 7) is 7.37. The van der Waals surface area contributed by atoms with E-state index in [9.17, 15) is 19.8 Å². The number of benzene rings is 1. The van der Waals surface area contributed by atoms with Gasteiger partial charge in [-0.2, -0.15) is 0 Å². The predicted octanol–water partition coefficient (Wildman–Crippen LogP) is 2.43. The summed E-state index contributed by atoms with van der Waals surface area (Å²) >= 11 is 0. The van der Waals surface area contributed by atoms with Gasteiger partial charge >= 0.3 is 12.0 Å². The number of carbonyl (C=O) groups is 2. The van der Waals surface area contributed by atoms with Gasteiger partial charge in [0.2, 0.25) is 0 Å². The Labute approximate surface area is 124 Å². The lowest BCUT2D eigenvalue weighted by Crippen LogP contribution is -2.53. The van der Waals surface area contributed by atoms with Crippen molar-refractivity contribution in [1.82, 2.24) is 5.32 Å². The second-order valence-corrected chi connectivity index (χ2v) is 5.85. The number of carboxylic acid groups (broad SMARTS) is 1. The highest BCUT2D eigenvalue weighted by molar-refractivity contribution is 5.94. The molecule has 0 aliphatic rings. The number of aliphatic carboxylic acids is 1. The van der Waals surface area contributed by atoms with Gasteiger partial charge in [0.1, 0.15) is 11.8 Å². The summed E-state index contributed by atoms with van der Waals surface area (Å²) in [4.78, 5) is 25.0. The molecule has 0 aromatic heterocycles. The van der Waals surface area contributed by atoms with Crippen LogP contribution in [0.1, 0.15) is 27.7 Å². The molecule has 0 radical (unpaired) electrons. The van der Waals surface area contributed by atoms with E-state index in [1.807, 2.05) is 0 Å². The van der Waals surface area contributed by atoms with Gasteiger partial charge < -0.3 is 15.5 Å². The average molecular weight is 294 g/mol. The maximum absolute atomic E-state index is 12.3. The number of hydrogen-bond acceptors (Lipinski definition) is 3. The molecule has 21 heavy (non-hydrogen) atoms. The Hall–Kier alpha value is -2.24. The standard InChI is InChI=1S/C15H22N2O4/c1-5-17(10-7-6-8-11(18)9-10)14(21)16-12(13(19)20)15(2,3)4/h6-9,12,18H,5H2,1-4H3,(H,16,21)(H,19,20)/t12-/m1/s1. The third-order valence-electron chi connectivity index (χ3n) is 3.08. The predicted molar refractivity (Wildman–Crippen MR) is 80.5 cm³/mol. The van der Waals surface area contributed by atoms with Crippen LogP contribution >= 0.6 is 0 Å². The van der Waals surface area contributed by atoms with E-state index in [1.165, 1.54) is 17.0 Å². The van der Waals surface area contributed by atoms with Gasteiger partial charge in [-0.3, -0.25) is 4.90 Å². The molecule has 0 aliphatic carbocycles. The van der Waals surface area contributed by atoms with Crippen LogP contribution in [0.2, 0.25) is 0 Å². The van der Waals surface area contributed by atoms with Crippen LogP contribution in [-0.2, 0) is 4.79 Å². The smallest absolute Gasteiger partial charge is 0.326 e. The van der Waals surface area contributed by atoms with Gasteiger partial charge in [-0.05, 0) is 24.5 Å². The van der Waals surface area contributed by atoms with Crippen molar-refractivity contribution < 1.29 is 19.8 Å². The van der Waals surface area contributed by atoms with Gasteiger partial charge in [-0.1, -0.05) is 26.8 Å². The third kappa shape index (κ3) is 4.37. The molecular formula is C15H22N2O4. The summed E-state index contributed by atoms with van der Waals surface area (Å²) in [5.74, 6) is -1.04. The summed E-state index contributed by atoms with van der Waals surface area (Å²) in [5, 5.41) is 21.3. The molecule has 6 nitrogen and oxygen atoms in total. The van der Waals surface area contributed by atoms with Crippen molar-refractivity contribution in [3.8, 4) is 5.75 Å². The molecule has 0 heterocycles. The topological polar surface area (TPSA) is 89.9 Å². The molecule has 0 spiro atoms. The highest BCUT2D eigenvalue weighted by Crippen LogP contribution is 2.22. The molecule has 0 bridgehead atoms. The number of nitrogens with one attached hydrogen (secondary N) is 1. The SMILES string of the molecule is CCN(C(=O)N[C@H](C(=O)O)C(C)(C)C)c1cccc(O)c1. The Morgan fingerprint density at radius 2 is 1.95 bits per heavy atom. The minimum Gasteiger partial charge on any atom is -0.508 e. The van der Waals surface area contributed by atoms with Crippen molar-refractivity contribution in [1.29, 1.82) is 0 Å². The van der Waals surface area contributed by atoms with Crippen LogP contribution in [0, 0.1) is 5.41 Å². The average Bonchev–Trinajstić information content (AvgIpc) is 2.35. The van der Waals surface area contributed by atoms with Crippen LogP contribution in [0.25, 0.3) is 0 Å². The second-order valence-electron chi connectivity index (χ2n) is 5.85. The van der Waals surface area contributed by atoms with Gasteiger partial charge in [-0.25, -0.2) is 9.59 Å². The van der Waals surface area contributed by atoms with Crippen LogP contribution in [-0.4, -0.2) is 34.8 Å². The molecule has 2 amide bonds. The van der Waals surface area contributed by atoms with E-state index in [0.29, 0.717) is 12.2 Å². The van der Waals surface area contributed by atoms with Gasteiger partial charge in [0, 0.05) is 18.3 Å². The zero-order valence-corrected chi connectivity index (χ0v) is 12.8. The Kier molecular flexibility index (Phi) is 5.18. The summed E-state index contributed by atoms with van der Waals surface area (Å²) in [6, 6.07) is 4.75. The molecule has 0 saturated heterocycles. The number of amides is 2. The highest BCUT2D eigenvalue weighted by atomic mass is 16.4. The number of nitrogens with zero attached hydrogens (tertiary/aromatic N) is 1. The van der Waals surface area contributed by atoms with Crippen LogP contribution < -0.4 is 10.2 Å². The fraction of sp³-hybridized carbons (Fsp3) is 0.467. The van der Waals surface area contributed by atoms with E-state index >= 15 is 0 Å². The first kappa shape index (κ1) is 16.8. The fourth-order valence-electron chi connectivity index (χ4n) is 1.95. The van der Waals surface area contributed by atoms with Crippen molar-refractivity contribution in [3.63, 3.8) is 0 Å². The highest BCUT2D eigenvalue weighted by Gasteiger charge is 2.33. The number of carboxylic acids is 1. The minimum atomic E-state index is -1.08. The zero-order chi connectivity index (χ0) is 16.2. The molecule has 1 rings (SSSR count). The van der Waals surface area contributed by atoms with Crippen LogP contribution in [0.3, 0.4) is 0 Å². The van der Waals surface area contributed by atoms with Crippen LogP contribution in [0.5, 0.6) is 5.75 Å². The number of carbonyl (C=O) groups excluding carboxylic acids is 1. The number of hydrogen-bond donors (Lipinski definition) is 3. The Morgan fingerprint density at radius 1 is 1.33 bits per heavy atom. The lowest BCUT2D eigenvalue weighted by atomic mass is 9.87. The Bertz CT molecular complexity index is 523. The molecule has 0 unspecified atom stereocenters. The van der Waals surface area contributed by atoms with Crippen molar-refractivity contribution in [2.45, 2.75) is 33.7 Å². The summed E-state index contributed by atoms with van der Waals surface area (Å²) < 4.78 is 0. The third-order valence-corrected chi connectivity index (χ3v) is 3.08. The largest absolute Gasteiger partial charge is 0.508 e. The number of urea groups is 1. The molecule has 1 aromatic rings. The molecule has 1 aromatic carbocycles. The molecule has 6 heteroatoms. The number of rotatable bonds is 4. The van der Waals surface area contributed by atoms with E-state index in [4.69, 9.17) is 0 Å². The normalized spacial score (nSPS) is 12.6. The van der Waals surface area contributed by atoms with Crippen molar-refractivity contribution in [2.75, 3.05) is 11.4 Å². The van der Waals surface area contributed by atoms with E-state index < -0.39 is 23.5 Å². The maximum Gasteiger partial charge on any atom is 0.326 e. The summed E-state index contributed by atoms with van der Waals surface area (Å²) in [7, 11) is 0. The quantitative estimate of drug-likeness (QED) is 0.795. The van der Waals surface area contributed by atoms with Crippen LogP contribution in [0.4, 0.5) is 10.5 Å². The van der Waals surface area contributed by atoms with E-state index in [0.717, 1.165) is 0 Å². The number of anilines is 1. The lowest BCUT2D eigenvalue weighted by Gasteiger charge is -2.30. The fourth-order valence-corrected chi connectivity index (χ4v) is 1.95. The number of phenolic OH excluding ortho intramolecular Hbond substituents is 1. The van der Waals surface area contributed by atoms with Crippen molar-refractivity contribution >= 4 is 17.7 Å². The van der Waals surface area contributed by atoms with E-state index in [2.05, 4.69) is 5.32 Å². The summed E-state index contributed by atoms with van der Waals surface area (Å²) in [5.41, 5.74) is -0.104. The van der Waals surface area contributed by atoms with Gasteiger partial charge in [0.15, 0.2) is 0 Å². The van der Waals surface area contributed by atoms with Crippen molar-refractivity contribution in [2.24, 2.45) is 5.41 Å². The van der Waals surface area contributed by atoms with Crippen LogP contribution in [0.15, 0.2) is 24.3 Å². The zero-order valence-electron chi connectivity index (χ0n) is 12.8. The molecule has 116 valence electrons. The number of aromatic hydroxyl groups is 1. The van der Waals surface area contributed by atoms with E-state index in [1.54, 1.807) is 39.8 Å². The molecule has 3 N–H and O–H groups in total. The molecule has 0 saturated carbocycles. The number of phenols is 1. The van der Waals surface area contributed by atoms with Crippen molar-refractivity contribution in [3.05, 3.63) is 24.3 Å². The lowest BCUT2D eigenvalue weighted by molar-refractivity contribution is -0.141. The Balaban J connectivity index is 2.96. The maximum atomic E-state index is 12.3. The Morgan fingerprint density at radius 3 is 2.38 bits per heavy atom. The van der Waals surface area contributed by atoms with Gasteiger partial charge in [-0.15, -0.1) is 0 Å². The minimum absolute atomic E-state index is 0.0457. The molecule has 0 fully saturated rings. The first-order valence-electron chi connectivity index (χ1n) is 6.76. The van der Waals surface area contributed by atoms with Gasteiger partial charge in [0.05, 0.1) is 0 Å². The monoisotopic (exact) mass is 294 g/mol. The second kappa shape index (κ2) is 6.47. The summed E-state index contributed by atoms with van der Waals surface area (Å²) in [6.07, 6.45) is 0. The van der Waals surface area contributed by atoms with E-state index in [-0.39, 0.29) is 5.75 Å². The molecular weight excluding hydrogens is 272 g/mol. The first-order chi connectivity index (χ1) is 9.66. The molecule has 0 aliphatic heterocycles. The van der Waals surface area contributed by atoms with Gasteiger partial charge in [0.25, 0.3) is 0 Å². The first-order valence-corrected chi connectivity index (χ1v) is 6.76. The molecule has 1 atom stereocenters.